The molecule has 0 aliphatic carbocycles. The summed E-state index contributed by atoms with van der Waals surface area (Å²) in [5.41, 5.74) is -0.225. The van der Waals surface area contributed by atoms with Crippen LogP contribution in [0.3, 0.4) is 0 Å². The Balaban J connectivity index is 2.11. The van der Waals surface area contributed by atoms with Gasteiger partial charge in [0, 0.05) is 0 Å². The van der Waals surface area contributed by atoms with Crippen molar-refractivity contribution in [3.05, 3.63) is 48.0 Å². The van der Waals surface area contributed by atoms with Crippen LogP contribution in [0.15, 0.2) is 42.5 Å². The zero-order valence-electron chi connectivity index (χ0n) is 19.5. The van der Waals surface area contributed by atoms with Gasteiger partial charge in [0.15, 0.2) is 0 Å². The number of amides is 1. The van der Waals surface area contributed by atoms with Crippen molar-refractivity contribution >= 4 is 6.09 Å². The van der Waals surface area contributed by atoms with Gasteiger partial charge in [-0.2, -0.15) is 0 Å². The third-order valence-electron chi connectivity index (χ3n) is 4.99. The Morgan fingerprint density at radius 3 is 2.53 bits per heavy atom. The van der Waals surface area contributed by atoms with Crippen LogP contribution in [0.2, 0.25) is 0 Å². The average Bonchev–Trinajstić information content (AvgIpc) is 2.91. The first-order valence-corrected chi connectivity index (χ1v) is 11.1. The van der Waals surface area contributed by atoms with Gasteiger partial charge in [0.05, 0.1) is 19.3 Å². The molecule has 1 aliphatic rings. The molecule has 0 unspecified atom stereocenters. The van der Waals surface area contributed by atoms with E-state index in [1.807, 2.05) is 65.0 Å². The maximum Gasteiger partial charge on any atom is 0.413 e. The van der Waals surface area contributed by atoms with E-state index in [-0.39, 0.29) is 18.2 Å². The highest BCUT2D eigenvalue weighted by molar-refractivity contribution is 5.70. The Labute approximate surface area is 182 Å². The second kappa shape index (κ2) is 11.0. The van der Waals surface area contributed by atoms with Gasteiger partial charge in [-0.15, -0.1) is 0 Å². The van der Waals surface area contributed by atoms with E-state index in [1.54, 1.807) is 4.90 Å². The van der Waals surface area contributed by atoms with Crippen LogP contribution in [-0.2, 0) is 20.8 Å². The number of nitrogens with zero attached hydrogens (tertiary/aromatic N) is 1. The molecule has 5 heteroatoms. The molecule has 2 rings (SSSR count). The van der Waals surface area contributed by atoms with Crippen molar-refractivity contribution in [2.24, 2.45) is 0 Å². The first-order valence-electron chi connectivity index (χ1n) is 11.1. The molecular formula is C25H39NO4. The molecule has 1 heterocycles. The molecule has 0 N–H and O–H groups in total. The summed E-state index contributed by atoms with van der Waals surface area (Å²) >= 11 is 0. The highest BCUT2D eigenvalue weighted by Crippen LogP contribution is 2.35. The number of hydrogen-bond acceptors (Lipinski definition) is 4. The Kier molecular flexibility index (Phi) is 8.92. The van der Waals surface area contributed by atoms with E-state index in [0.717, 1.165) is 18.4 Å². The van der Waals surface area contributed by atoms with Crippen molar-refractivity contribution in [3.8, 4) is 0 Å². The highest BCUT2D eigenvalue weighted by Gasteiger charge is 2.50. The first kappa shape index (κ1) is 24.4. The number of rotatable bonds is 9. The number of allylic oxidation sites excluding steroid dienone is 1. The monoisotopic (exact) mass is 417 g/mol. The van der Waals surface area contributed by atoms with E-state index < -0.39 is 11.3 Å². The van der Waals surface area contributed by atoms with Gasteiger partial charge in [-0.1, -0.05) is 62.2 Å². The Morgan fingerprint density at radius 2 is 1.90 bits per heavy atom. The lowest BCUT2D eigenvalue weighted by Gasteiger charge is -2.34. The molecule has 0 bridgehead atoms. The molecule has 168 valence electrons. The molecule has 1 aromatic carbocycles. The molecule has 1 saturated heterocycles. The van der Waals surface area contributed by atoms with Crippen LogP contribution in [0.5, 0.6) is 0 Å². The third kappa shape index (κ3) is 7.44. The minimum atomic E-state index is -0.776. The van der Waals surface area contributed by atoms with E-state index in [4.69, 9.17) is 14.2 Å². The zero-order chi connectivity index (χ0) is 22.2. The summed E-state index contributed by atoms with van der Waals surface area (Å²) in [4.78, 5) is 14.7. The topological polar surface area (TPSA) is 48.0 Å². The number of ether oxygens (including phenoxy) is 3. The maximum absolute atomic E-state index is 13.0. The van der Waals surface area contributed by atoms with Crippen molar-refractivity contribution in [1.82, 2.24) is 4.90 Å². The molecular weight excluding hydrogens is 378 g/mol. The second-order valence-corrected chi connectivity index (χ2v) is 9.37. The molecule has 1 aromatic rings. The van der Waals surface area contributed by atoms with Crippen LogP contribution in [0.4, 0.5) is 4.79 Å². The normalized spacial score (nSPS) is 21.3. The number of hydrogen-bond donors (Lipinski definition) is 0. The number of unbranched alkanes of at least 4 members (excludes halogenated alkanes) is 3. The molecule has 0 aromatic heterocycles. The Hall–Kier alpha value is -1.85. The van der Waals surface area contributed by atoms with Crippen LogP contribution in [-0.4, -0.2) is 41.1 Å². The molecule has 1 aliphatic heterocycles. The molecule has 30 heavy (non-hydrogen) atoms. The van der Waals surface area contributed by atoms with Crippen LogP contribution < -0.4 is 0 Å². The fourth-order valence-electron chi connectivity index (χ4n) is 3.63. The van der Waals surface area contributed by atoms with Crippen molar-refractivity contribution in [3.63, 3.8) is 0 Å². The number of benzene rings is 1. The summed E-state index contributed by atoms with van der Waals surface area (Å²) in [6, 6.07) is 9.84. The van der Waals surface area contributed by atoms with Crippen molar-refractivity contribution in [2.75, 3.05) is 6.61 Å². The molecule has 0 saturated carbocycles. The van der Waals surface area contributed by atoms with Gasteiger partial charge in [-0.3, -0.25) is 4.90 Å². The zero-order valence-corrected chi connectivity index (χ0v) is 19.5. The van der Waals surface area contributed by atoms with Crippen molar-refractivity contribution in [1.29, 1.82) is 0 Å². The first-order chi connectivity index (χ1) is 14.1. The maximum atomic E-state index is 13.0. The predicted octanol–water partition coefficient (Wildman–Crippen LogP) is 6.08. The third-order valence-corrected chi connectivity index (χ3v) is 4.99. The van der Waals surface area contributed by atoms with Crippen molar-refractivity contribution in [2.45, 2.75) is 97.3 Å². The lowest BCUT2D eigenvalue weighted by molar-refractivity contribution is -0.0939. The van der Waals surface area contributed by atoms with E-state index in [2.05, 4.69) is 19.1 Å². The molecule has 1 amide bonds. The minimum Gasteiger partial charge on any atom is -0.444 e. The SMILES string of the molecule is CCCCC/C=C\[C@@H]1[C@@H](COCc2ccccc2)OC(C)(C)N1C(=O)OC(C)(C)C. The van der Waals surface area contributed by atoms with E-state index in [9.17, 15) is 4.79 Å². The Bertz CT molecular complexity index is 678. The number of carbonyl (C=O) groups is 1. The summed E-state index contributed by atoms with van der Waals surface area (Å²) in [6.45, 7) is 12.6. The fraction of sp³-hybridized carbons (Fsp3) is 0.640. The van der Waals surface area contributed by atoms with Gasteiger partial charge in [0.2, 0.25) is 0 Å². The van der Waals surface area contributed by atoms with E-state index in [1.165, 1.54) is 12.8 Å². The molecule has 5 nitrogen and oxygen atoms in total. The van der Waals surface area contributed by atoms with Gasteiger partial charge in [0.1, 0.15) is 17.4 Å². The highest BCUT2D eigenvalue weighted by atomic mass is 16.6. The average molecular weight is 418 g/mol. The predicted molar refractivity (Wildman–Crippen MR) is 120 cm³/mol. The summed E-state index contributed by atoms with van der Waals surface area (Å²) in [6.07, 6.45) is 8.16. The summed E-state index contributed by atoms with van der Waals surface area (Å²) in [5.74, 6) is 0. The standard InChI is InChI=1S/C25H39NO4/c1-7-8-9-10-14-17-21-22(19-28-18-20-15-12-11-13-16-20)29-25(5,6)26(21)23(27)30-24(2,3)4/h11-17,21-22H,7-10,18-19H2,1-6H3/b17-14-/t21-,22-/m1/s1. The van der Waals surface area contributed by atoms with Gasteiger partial charge in [0.25, 0.3) is 0 Å². The van der Waals surface area contributed by atoms with Crippen LogP contribution in [0.25, 0.3) is 0 Å². The van der Waals surface area contributed by atoms with Gasteiger partial charge in [-0.05, 0) is 53.0 Å². The van der Waals surface area contributed by atoms with Gasteiger partial charge < -0.3 is 14.2 Å². The molecule has 0 spiro atoms. The quantitative estimate of drug-likeness (QED) is 0.361. The number of carbonyl (C=O) groups excluding carboxylic acids is 1. The lowest BCUT2D eigenvalue weighted by atomic mass is 10.1. The molecule has 0 radical (unpaired) electrons. The van der Waals surface area contributed by atoms with Crippen LogP contribution >= 0.6 is 0 Å². The summed E-state index contributed by atoms with van der Waals surface area (Å²) in [7, 11) is 0. The van der Waals surface area contributed by atoms with E-state index >= 15 is 0 Å². The van der Waals surface area contributed by atoms with Gasteiger partial charge >= 0.3 is 6.09 Å². The largest absolute Gasteiger partial charge is 0.444 e. The van der Waals surface area contributed by atoms with Crippen molar-refractivity contribution < 1.29 is 19.0 Å². The molecule has 2 atom stereocenters. The molecule has 1 fully saturated rings. The van der Waals surface area contributed by atoms with Crippen LogP contribution in [0.1, 0.15) is 72.8 Å². The van der Waals surface area contributed by atoms with Gasteiger partial charge in [-0.25, -0.2) is 4.79 Å². The lowest BCUT2D eigenvalue weighted by Crippen LogP contribution is -2.49. The second-order valence-electron chi connectivity index (χ2n) is 9.37. The Morgan fingerprint density at radius 1 is 1.20 bits per heavy atom. The fourth-order valence-corrected chi connectivity index (χ4v) is 3.63. The van der Waals surface area contributed by atoms with E-state index in [0.29, 0.717) is 13.2 Å². The summed E-state index contributed by atoms with van der Waals surface area (Å²) < 4.78 is 17.9. The van der Waals surface area contributed by atoms with Crippen LogP contribution in [0, 0.1) is 0 Å². The summed E-state index contributed by atoms with van der Waals surface area (Å²) in [5, 5.41) is 0. The minimum absolute atomic E-state index is 0.229. The smallest absolute Gasteiger partial charge is 0.413 e.